The number of ether oxygens (including phenoxy) is 1. The maximum Gasteiger partial charge on any atom is 0.253 e. The van der Waals surface area contributed by atoms with E-state index in [0.717, 1.165) is 43.0 Å². The topological polar surface area (TPSA) is 94.9 Å². The molecule has 2 aliphatic heterocycles. The third-order valence-electron chi connectivity index (χ3n) is 9.10. The number of likely N-dealkylation sites (tertiary alicyclic amines) is 1. The molecule has 1 amide bonds. The van der Waals surface area contributed by atoms with Gasteiger partial charge in [0.15, 0.2) is 11.5 Å². The molecule has 194 valence electrons. The van der Waals surface area contributed by atoms with Crippen LogP contribution in [0.5, 0.6) is 11.5 Å². The highest BCUT2D eigenvalue weighted by molar-refractivity contribution is 6.33. The highest BCUT2D eigenvalue weighted by Crippen LogP contribution is 2.65. The number of piperidine rings is 1. The Hall–Kier alpha value is -1.77. The highest BCUT2D eigenvalue weighted by Gasteiger charge is 2.73. The first-order valence-corrected chi connectivity index (χ1v) is 12.7. The van der Waals surface area contributed by atoms with Crippen LogP contribution >= 0.6 is 36.4 Å². The molecule has 3 fully saturated rings. The Labute approximate surface area is 227 Å². The lowest BCUT2D eigenvalue weighted by molar-refractivity contribution is -0.191. The van der Waals surface area contributed by atoms with E-state index in [-0.39, 0.29) is 48.6 Å². The second-order valence-corrected chi connectivity index (χ2v) is 11.2. The number of phenols is 1. The Morgan fingerprint density at radius 3 is 2.78 bits per heavy atom. The van der Waals surface area contributed by atoms with Gasteiger partial charge in [0, 0.05) is 30.5 Å². The summed E-state index contributed by atoms with van der Waals surface area (Å²) in [7, 11) is 0. The molecule has 0 unspecified atom stereocenters. The number of carbonyl (C=O) groups excluding carboxylic acids is 1. The van der Waals surface area contributed by atoms with Gasteiger partial charge in [0.2, 0.25) is 0 Å². The van der Waals surface area contributed by atoms with Gasteiger partial charge in [-0.1, -0.05) is 17.7 Å². The molecular weight excluding hydrogens is 525 g/mol. The van der Waals surface area contributed by atoms with Gasteiger partial charge >= 0.3 is 0 Å². The summed E-state index contributed by atoms with van der Waals surface area (Å²) in [6, 6.07) is 5.01. The fourth-order valence-corrected chi connectivity index (χ4v) is 7.64. The van der Waals surface area contributed by atoms with E-state index in [2.05, 4.69) is 15.2 Å². The van der Waals surface area contributed by atoms with Crippen molar-refractivity contribution in [1.82, 2.24) is 15.2 Å². The van der Waals surface area contributed by atoms with Crippen LogP contribution < -0.4 is 10.1 Å². The molecule has 1 spiro atoms. The molecule has 1 aromatic carbocycles. The van der Waals surface area contributed by atoms with Crippen LogP contribution in [-0.2, 0) is 11.8 Å². The van der Waals surface area contributed by atoms with Gasteiger partial charge in [-0.05, 0) is 68.7 Å². The third kappa shape index (κ3) is 3.39. The Morgan fingerprint density at radius 2 is 2.03 bits per heavy atom. The molecule has 36 heavy (non-hydrogen) atoms. The number of nitrogens with zero attached hydrogens (tertiary/aromatic N) is 2. The monoisotopic (exact) mass is 553 g/mol. The molecule has 3 N–H and O–H groups in total. The summed E-state index contributed by atoms with van der Waals surface area (Å²) in [6.07, 6.45) is 7.77. The summed E-state index contributed by atoms with van der Waals surface area (Å²) in [5.41, 5.74) is 0.858. The third-order valence-corrected chi connectivity index (χ3v) is 9.40. The van der Waals surface area contributed by atoms with Gasteiger partial charge in [0.1, 0.15) is 6.10 Å². The average molecular weight is 555 g/mol. The number of benzene rings is 1. The molecule has 2 bridgehead atoms. The van der Waals surface area contributed by atoms with Crippen LogP contribution in [0.1, 0.15) is 53.6 Å². The number of carbonyl (C=O) groups is 1. The number of aliphatic hydroxyl groups is 1. The minimum atomic E-state index is -0.966. The van der Waals surface area contributed by atoms with Crippen molar-refractivity contribution in [2.45, 2.75) is 67.7 Å². The largest absolute Gasteiger partial charge is 0.504 e. The van der Waals surface area contributed by atoms with E-state index in [1.54, 1.807) is 18.3 Å². The zero-order chi connectivity index (χ0) is 23.2. The number of hydrogen-bond donors (Lipinski definition) is 3. The van der Waals surface area contributed by atoms with Gasteiger partial charge in [0.05, 0.1) is 27.6 Å². The maximum absolute atomic E-state index is 13.2. The molecule has 5 atom stereocenters. The van der Waals surface area contributed by atoms with E-state index in [0.29, 0.717) is 29.2 Å². The predicted octanol–water partition coefficient (Wildman–Crippen LogP) is 3.65. The Kier molecular flexibility index (Phi) is 6.40. The lowest BCUT2D eigenvalue weighted by Gasteiger charge is -2.64. The Morgan fingerprint density at radius 1 is 1.22 bits per heavy atom. The number of nitrogens with one attached hydrogen (secondary N) is 1. The molecule has 3 aliphatic carbocycles. The van der Waals surface area contributed by atoms with E-state index in [9.17, 15) is 15.0 Å². The zero-order valence-electron chi connectivity index (χ0n) is 19.7. The van der Waals surface area contributed by atoms with Crippen molar-refractivity contribution in [3.63, 3.8) is 0 Å². The molecule has 0 radical (unpaired) electrons. The average Bonchev–Trinajstić information content (AvgIpc) is 3.56. The number of halogens is 3. The molecule has 1 aromatic heterocycles. The van der Waals surface area contributed by atoms with Gasteiger partial charge in [0.25, 0.3) is 5.91 Å². The van der Waals surface area contributed by atoms with E-state index < -0.39 is 17.1 Å². The molecule has 7 rings (SSSR count). The van der Waals surface area contributed by atoms with Crippen LogP contribution in [0.15, 0.2) is 30.6 Å². The molecule has 7 nitrogen and oxygen atoms in total. The smallest absolute Gasteiger partial charge is 0.253 e. The van der Waals surface area contributed by atoms with Crippen molar-refractivity contribution in [2.75, 3.05) is 13.1 Å². The number of phenolic OH excluding ortho intramolecular Hbond substituents is 1. The lowest BCUT2D eigenvalue weighted by Crippen LogP contribution is -2.78. The number of amides is 1. The summed E-state index contributed by atoms with van der Waals surface area (Å²) in [5, 5.41) is 26.6. The van der Waals surface area contributed by atoms with Gasteiger partial charge in [-0.3, -0.25) is 14.7 Å². The standard InChI is InChI=1S/C26H28ClN3O4.2ClH/c27-17-12-28-9-6-16(17)24(32)29-18-5-7-26(33)20-11-15-3-4-19(31)22-21(15)25(26,23(18)34-22)8-10-30(20)13-14-1-2-14;;/h3-4,6,9,12,14,18,20,23,31,33H,1-2,5,7-8,10-11,13H2,(H,29,32);2*1H/t18-,20-,23+,25+,26-;;/m1../s1. The molecule has 5 aliphatic rings. The minimum Gasteiger partial charge on any atom is -0.504 e. The van der Waals surface area contributed by atoms with Gasteiger partial charge in [-0.25, -0.2) is 0 Å². The van der Waals surface area contributed by atoms with Crippen LogP contribution in [0.4, 0.5) is 0 Å². The van der Waals surface area contributed by atoms with Crippen molar-refractivity contribution in [3.8, 4) is 11.5 Å². The summed E-state index contributed by atoms with van der Waals surface area (Å²) >= 11 is 6.23. The molecule has 2 aromatic rings. The lowest BCUT2D eigenvalue weighted by atomic mass is 9.48. The van der Waals surface area contributed by atoms with Crippen LogP contribution in [0.2, 0.25) is 5.02 Å². The zero-order valence-corrected chi connectivity index (χ0v) is 22.0. The number of rotatable bonds is 4. The van der Waals surface area contributed by atoms with Crippen molar-refractivity contribution in [2.24, 2.45) is 5.92 Å². The molecule has 2 saturated carbocycles. The number of aromatic hydroxyl groups is 1. The van der Waals surface area contributed by atoms with Crippen molar-refractivity contribution in [3.05, 3.63) is 52.3 Å². The molecule has 1 saturated heterocycles. The SMILES string of the molecule is Cl.Cl.O=C(N[C@@H]1CC[C@@]2(O)[C@H]3Cc4ccc(O)c5c4[C@@]2(CCN3CC2CC2)[C@H]1O5)c1ccncc1Cl. The van der Waals surface area contributed by atoms with Gasteiger partial charge in [-0.2, -0.15) is 0 Å². The normalized spacial score (nSPS) is 33.4. The van der Waals surface area contributed by atoms with Crippen molar-refractivity contribution >= 4 is 42.3 Å². The predicted molar refractivity (Wildman–Crippen MR) is 140 cm³/mol. The summed E-state index contributed by atoms with van der Waals surface area (Å²) in [5.74, 6) is 1.05. The van der Waals surface area contributed by atoms with Crippen LogP contribution in [0.25, 0.3) is 0 Å². The minimum absolute atomic E-state index is 0. The fraction of sp³-hybridized carbons (Fsp3) is 0.538. The van der Waals surface area contributed by atoms with Crippen molar-refractivity contribution < 1.29 is 19.7 Å². The first kappa shape index (κ1) is 25.9. The number of pyridine rings is 1. The molecule has 10 heteroatoms. The van der Waals surface area contributed by atoms with E-state index in [1.165, 1.54) is 19.0 Å². The van der Waals surface area contributed by atoms with Crippen LogP contribution in [0.3, 0.4) is 0 Å². The first-order valence-electron chi connectivity index (χ1n) is 12.3. The van der Waals surface area contributed by atoms with Crippen molar-refractivity contribution in [1.29, 1.82) is 0 Å². The number of hydrogen-bond acceptors (Lipinski definition) is 6. The highest BCUT2D eigenvalue weighted by atomic mass is 35.5. The molecule has 3 heterocycles. The quantitative estimate of drug-likeness (QED) is 0.534. The maximum atomic E-state index is 13.2. The van der Waals surface area contributed by atoms with E-state index in [1.807, 2.05) is 6.07 Å². The number of aromatic nitrogens is 1. The second-order valence-electron chi connectivity index (χ2n) is 10.8. The summed E-state index contributed by atoms with van der Waals surface area (Å²) < 4.78 is 6.49. The van der Waals surface area contributed by atoms with Crippen LogP contribution in [-0.4, -0.2) is 62.9 Å². The Balaban J connectivity index is 0.00000133. The summed E-state index contributed by atoms with van der Waals surface area (Å²) in [4.78, 5) is 19.6. The summed E-state index contributed by atoms with van der Waals surface area (Å²) in [6.45, 7) is 1.92. The molecular formula is C26H30Cl3N3O4. The van der Waals surface area contributed by atoms with E-state index in [4.69, 9.17) is 16.3 Å². The van der Waals surface area contributed by atoms with Gasteiger partial charge in [-0.15, -0.1) is 24.8 Å². The fourth-order valence-electron chi connectivity index (χ4n) is 7.43. The van der Waals surface area contributed by atoms with Crippen LogP contribution in [0, 0.1) is 5.92 Å². The second kappa shape index (κ2) is 8.91. The van der Waals surface area contributed by atoms with E-state index >= 15 is 0 Å². The first-order chi connectivity index (χ1) is 16.4. The van der Waals surface area contributed by atoms with Gasteiger partial charge < -0.3 is 20.3 Å². The Bertz CT molecular complexity index is 1210.